The lowest BCUT2D eigenvalue weighted by Gasteiger charge is -2.12. The fourth-order valence-electron chi connectivity index (χ4n) is 2.77. The van der Waals surface area contributed by atoms with Crippen molar-refractivity contribution in [3.63, 3.8) is 0 Å². The van der Waals surface area contributed by atoms with Crippen LogP contribution in [0.5, 0.6) is 11.6 Å². The minimum atomic E-state index is 0.458. The second-order valence-electron chi connectivity index (χ2n) is 5.94. The molecule has 0 fully saturated rings. The van der Waals surface area contributed by atoms with E-state index in [0.717, 1.165) is 24.2 Å². The summed E-state index contributed by atoms with van der Waals surface area (Å²) in [4.78, 5) is 4.67. The summed E-state index contributed by atoms with van der Waals surface area (Å²) in [5, 5.41) is 0. The van der Waals surface area contributed by atoms with E-state index in [1.54, 1.807) is 0 Å². The maximum absolute atomic E-state index is 5.97. The average molecular weight is 282 g/mol. The number of aryl methyl sites for hydroxylation is 2. The smallest absolute Gasteiger partial charge is 0.223 e. The van der Waals surface area contributed by atoms with Crippen LogP contribution in [0.1, 0.15) is 48.6 Å². The zero-order valence-electron chi connectivity index (χ0n) is 12.7. The first-order valence-corrected chi connectivity index (χ1v) is 7.67. The summed E-state index contributed by atoms with van der Waals surface area (Å²) in [5.74, 6) is 2.01. The Bertz CT molecular complexity index is 632. The number of hydrogen-bond acceptors (Lipinski definition) is 3. The molecule has 3 heteroatoms. The molecule has 3 nitrogen and oxygen atoms in total. The summed E-state index contributed by atoms with van der Waals surface area (Å²) in [7, 11) is 0. The lowest BCUT2D eigenvalue weighted by Crippen LogP contribution is -2.04. The minimum absolute atomic E-state index is 0.458. The largest absolute Gasteiger partial charge is 0.439 e. The van der Waals surface area contributed by atoms with Gasteiger partial charge in [0.1, 0.15) is 5.75 Å². The molecule has 1 aliphatic rings. The highest BCUT2D eigenvalue weighted by Gasteiger charge is 2.17. The van der Waals surface area contributed by atoms with E-state index in [-0.39, 0.29) is 0 Å². The normalized spacial score (nSPS) is 13.5. The molecular formula is C18H22N2O. The molecule has 110 valence electrons. The molecule has 0 bridgehead atoms. The molecule has 3 rings (SSSR count). The number of nitrogens with two attached hydrogens (primary N) is 1. The molecule has 2 aromatic rings. The Hall–Kier alpha value is -1.87. The van der Waals surface area contributed by atoms with Gasteiger partial charge in [-0.15, -0.1) is 0 Å². The Morgan fingerprint density at radius 2 is 1.95 bits per heavy atom. The Balaban J connectivity index is 1.87. The van der Waals surface area contributed by atoms with Crippen molar-refractivity contribution in [1.29, 1.82) is 0 Å². The average Bonchev–Trinajstić information content (AvgIpc) is 2.94. The van der Waals surface area contributed by atoms with E-state index in [1.807, 2.05) is 12.1 Å². The van der Waals surface area contributed by atoms with Gasteiger partial charge in [0.15, 0.2) is 0 Å². The zero-order valence-corrected chi connectivity index (χ0v) is 12.7. The van der Waals surface area contributed by atoms with Gasteiger partial charge in [-0.2, -0.15) is 0 Å². The summed E-state index contributed by atoms with van der Waals surface area (Å²) in [5.41, 5.74) is 10.6. The molecule has 0 amide bonds. The van der Waals surface area contributed by atoms with Crippen LogP contribution in [0.15, 0.2) is 30.3 Å². The fourth-order valence-corrected chi connectivity index (χ4v) is 2.77. The number of rotatable bonds is 4. The van der Waals surface area contributed by atoms with Crippen LogP contribution in [0.25, 0.3) is 0 Å². The van der Waals surface area contributed by atoms with Gasteiger partial charge in [0.05, 0.1) is 0 Å². The van der Waals surface area contributed by atoms with Crippen LogP contribution in [-0.2, 0) is 19.4 Å². The SMILES string of the molecule is CC(C)c1ccc(Oc2nc3c(cc2CN)CCC3)cc1. The maximum Gasteiger partial charge on any atom is 0.223 e. The highest BCUT2D eigenvalue weighted by molar-refractivity contribution is 5.40. The van der Waals surface area contributed by atoms with E-state index in [0.29, 0.717) is 18.3 Å². The molecule has 1 aromatic heterocycles. The molecule has 0 aliphatic heterocycles. The number of aromatic nitrogens is 1. The van der Waals surface area contributed by atoms with Gasteiger partial charge in [-0.3, -0.25) is 0 Å². The minimum Gasteiger partial charge on any atom is -0.439 e. The second kappa shape index (κ2) is 5.86. The van der Waals surface area contributed by atoms with Crippen LogP contribution in [-0.4, -0.2) is 4.98 Å². The molecule has 0 radical (unpaired) electrons. The highest BCUT2D eigenvalue weighted by atomic mass is 16.5. The lowest BCUT2D eigenvalue weighted by molar-refractivity contribution is 0.454. The third-order valence-corrected chi connectivity index (χ3v) is 4.07. The summed E-state index contributed by atoms with van der Waals surface area (Å²) in [6.07, 6.45) is 3.33. The molecule has 1 heterocycles. The molecular weight excluding hydrogens is 260 g/mol. The van der Waals surface area contributed by atoms with Crippen molar-refractivity contribution >= 4 is 0 Å². The van der Waals surface area contributed by atoms with Gasteiger partial charge in [0.2, 0.25) is 5.88 Å². The third-order valence-electron chi connectivity index (χ3n) is 4.07. The molecule has 1 aromatic carbocycles. The Labute approximate surface area is 126 Å². The Morgan fingerprint density at radius 1 is 1.19 bits per heavy atom. The highest BCUT2D eigenvalue weighted by Crippen LogP contribution is 2.30. The third kappa shape index (κ3) is 2.93. The first-order chi connectivity index (χ1) is 10.2. The van der Waals surface area contributed by atoms with Crippen molar-refractivity contribution in [3.8, 4) is 11.6 Å². The number of benzene rings is 1. The molecule has 1 aliphatic carbocycles. The van der Waals surface area contributed by atoms with Crippen LogP contribution in [0, 0.1) is 0 Å². The van der Waals surface area contributed by atoms with Gasteiger partial charge in [-0.25, -0.2) is 4.98 Å². The standard InChI is InChI=1S/C18H22N2O/c1-12(2)13-6-8-16(9-7-13)21-18-15(11-19)10-14-4-3-5-17(14)20-18/h6-10,12H,3-5,11,19H2,1-2H3. The van der Waals surface area contributed by atoms with Crippen LogP contribution in [0.2, 0.25) is 0 Å². The van der Waals surface area contributed by atoms with Crippen LogP contribution >= 0.6 is 0 Å². The second-order valence-corrected chi connectivity index (χ2v) is 5.94. The molecule has 0 atom stereocenters. The maximum atomic E-state index is 5.97. The van der Waals surface area contributed by atoms with E-state index < -0.39 is 0 Å². The van der Waals surface area contributed by atoms with Gasteiger partial charge < -0.3 is 10.5 Å². The van der Waals surface area contributed by atoms with Crippen molar-refractivity contribution in [1.82, 2.24) is 4.98 Å². The van der Waals surface area contributed by atoms with E-state index in [1.165, 1.54) is 23.2 Å². The first kappa shape index (κ1) is 14.1. The lowest BCUT2D eigenvalue weighted by atomic mass is 10.0. The van der Waals surface area contributed by atoms with Crippen molar-refractivity contribution < 1.29 is 4.74 Å². The van der Waals surface area contributed by atoms with E-state index in [2.05, 4.69) is 37.0 Å². The Morgan fingerprint density at radius 3 is 2.62 bits per heavy atom. The molecule has 0 unspecified atom stereocenters. The number of hydrogen-bond donors (Lipinski definition) is 1. The fraction of sp³-hybridized carbons (Fsp3) is 0.389. The van der Waals surface area contributed by atoms with Crippen LogP contribution < -0.4 is 10.5 Å². The number of ether oxygens (including phenoxy) is 1. The zero-order chi connectivity index (χ0) is 14.8. The van der Waals surface area contributed by atoms with E-state index in [9.17, 15) is 0 Å². The predicted molar refractivity (Wildman–Crippen MR) is 84.8 cm³/mol. The molecule has 0 saturated carbocycles. The molecule has 0 spiro atoms. The van der Waals surface area contributed by atoms with Crippen LogP contribution in [0.4, 0.5) is 0 Å². The predicted octanol–water partition coefficient (Wildman–Crippen LogP) is 3.94. The number of fused-ring (bicyclic) bond motifs is 1. The van der Waals surface area contributed by atoms with Crippen molar-refractivity contribution in [3.05, 3.63) is 52.7 Å². The van der Waals surface area contributed by atoms with Crippen molar-refractivity contribution in [2.24, 2.45) is 5.73 Å². The van der Waals surface area contributed by atoms with E-state index in [4.69, 9.17) is 10.5 Å². The summed E-state index contributed by atoms with van der Waals surface area (Å²) < 4.78 is 5.97. The van der Waals surface area contributed by atoms with Gasteiger partial charge in [0, 0.05) is 17.8 Å². The molecule has 21 heavy (non-hydrogen) atoms. The topological polar surface area (TPSA) is 48.1 Å². The van der Waals surface area contributed by atoms with Gasteiger partial charge in [0.25, 0.3) is 0 Å². The van der Waals surface area contributed by atoms with Gasteiger partial charge >= 0.3 is 0 Å². The number of pyridine rings is 1. The van der Waals surface area contributed by atoms with Gasteiger partial charge in [-0.1, -0.05) is 26.0 Å². The van der Waals surface area contributed by atoms with Gasteiger partial charge in [-0.05, 0) is 54.5 Å². The summed E-state index contributed by atoms with van der Waals surface area (Å²) >= 11 is 0. The molecule has 0 saturated heterocycles. The summed E-state index contributed by atoms with van der Waals surface area (Å²) in [6, 6.07) is 10.4. The van der Waals surface area contributed by atoms with Crippen molar-refractivity contribution in [2.75, 3.05) is 0 Å². The Kier molecular flexibility index (Phi) is 3.93. The van der Waals surface area contributed by atoms with Crippen LogP contribution in [0.3, 0.4) is 0 Å². The summed E-state index contributed by atoms with van der Waals surface area (Å²) in [6.45, 7) is 4.83. The molecule has 2 N–H and O–H groups in total. The first-order valence-electron chi connectivity index (χ1n) is 7.67. The number of nitrogens with zero attached hydrogens (tertiary/aromatic N) is 1. The van der Waals surface area contributed by atoms with Crippen molar-refractivity contribution in [2.45, 2.75) is 45.6 Å². The van der Waals surface area contributed by atoms with E-state index >= 15 is 0 Å². The monoisotopic (exact) mass is 282 g/mol. The quantitative estimate of drug-likeness (QED) is 0.923.